The van der Waals surface area contributed by atoms with Crippen molar-refractivity contribution < 1.29 is 14.3 Å². The molecule has 5 nitrogen and oxygen atoms in total. The van der Waals surface area contributed by atoms with Gasteiger partial charge in [-0.3, -0.25) is 4.79 Å². The second-order valence-electron chi connectivity index (χ2n) is 6.57. The second-order valence-corrected chi connectivity index (χ2v) is 6.57. The Morgan fingerprint density at radius 2 is 2.25 bits per heavy atom. The van der Waals surface area contributed by atoms with Gasteiger partial charge >= 0.3 is 0 Å². The zero-order valence-electron chi connectivity index (χ0n) is 14.2. The highest BCUT2D eigenvalue weighted by molar-refractivity contribution is 5.85. The highest BCUT2D eigenvalue weighted by Gasteiger charge is 2.22. The standard InChI is InChI=1S/C18H26N2O3.ClH/c1-13-2-5-15(17(8-13)23-11-14-3-4-14)10-20-18(21)9-16-12-22-7-6-19-16;/h2,5,8,14,16,19H,3-4,6-7,9-12H2,1H3,(H,20,21);1H. The Balaban J connectivity index is 0.00000208. The van der Waals surface area contributed by atoms with Crippen molar-refractivity contribution in [1.29, 1.82) is 0 Å². The summed E-state index contributed by atoms with van der Waals surface area (Å²) in [5.41, 5.74) is 2.21. The van der Waals surface area contributed by atoms with Gasteiger partial charge < -0.3 is 20.1 Å². The van der Waals surface area contributed by atoms with Crippen molar-refractivity contribution in [3.8, 4) is 5.75 Å². The lowest BCUT2D eigenvalue weighted by atomic mass is 10.1. The summed E-state index contributed by atoms with van der Waals surface area (Å²) in [6.07, 6.45) is 2.99. The minimum absolute atomic E-state index is 0. The molecule has 1 heterocycles. The summed E-state index contributed by atoms with van der Waals surface area (Å²) in [5, 5.41) is 6.29. The smallest absolute Gasteiger partial charge is 0.221 e. The van der Waals surface area contributed by atoms with Crippen LogP contribution in [-0.4, -0.2) is 38.3 Å². The van der Waals surface area contributed by atoms with Crippen LogP contribution in [0.3, 0.4) is 0 Å². The van der Waals surface area contributed by atoms with Crippen molar-refractivity contribution in [1.82, 2.24) is 10.6 Å². The van der Waals surface area contributed by atoms with Gasteiger partial charge in [-0.2, -0.15) is 0 Å². The number of hydrogen-bond acceptors (Lipinski definition) is 4. The van der Waals surface area contributed by atoms with E-state index in [0.717, 1.165) is 37.0 Å². The van der Waals surface area contributed by atoms with E-state index in [1.807, 2.05) is 6.07 Å². The summed E-state index contributed by atoms with van der Waals surface area (Å²) in [6, 6.07) is 6.27. The summed E-state index contributed by atoms with van der Waals surface area (Å²) < 4.78 is 11.3. The Hall–Kier alpha value is -1.30. The van der Waals surface area contributed by atoms with Gasteiger partial charge in [0.05, 0.1) is 19.8 Å². The quantitative estimate of drug-likeness (QED) is 0.788. The van der Waals surface area contributed by atoms with Gasteiger partial charge in [-0.1, -0.05) is 12.1 Å². The van der Waals surface area contributed by atoms with E-state index < -0.39 is 0 Å². The maximum absolute atomic E-state index is 12.1. The van der Waals surface area contributed by atoms with Gasteiger partial charge in [-0.05, 0) is 37.3 Å². The molecule has 1 aromatic rings. The third-order valence-corrected chi connectivity index (χ3v) is 4.30. The SMILES string of the molecule is Cc1ccc(CNC(=O)CC2COCCN2)c(OCC2CC2)c1.Cl. The molecule has 0 bridgehead atoms. The zero-order chi connectivity index (χ0) is 16.1. The van der Waals surface area contributed by atoms with Crippen LogP contribution < -0.4 is 15.4 Å². The highest BCUT2D eigenvalue weighted by Crippen LogP contribution is 2.30. The summed E-state index contributed by atoms with van der Waals surface area (Å²) in [7, 11) is 0. The zero-order valence-corrected chi connectivity index (χ0v) is 15.0. The van der Waals surface area contributed by atoms with Crippen LogP contribution in [0, 0.1) is 12.8 Å². The van der Waals surface area contributed by atoms with E-state index in [-0.39, 0.29) is 24.4 Å². The van der Waals surface area contributed by atoms with Crippen LogP contribution in [0.5, 0.6) is 5.75 Å². The van der Waals surface area contributed by atoms with Crippen LogP contribution in [0.25, 0.3) is 0 Å². The third-order valence-electron chi connectivity index (χ3n) is 4.30. The van der Waals surface area contributed by atoms with E-state index in [9.17, 15) is 4.79 Å². The Labute approximate surface area is 149 Å². The first-order valence-electron chi connectivity index (χ1n) is 8.51. The van der Waals surface area contributed by atoms with Crippen LogP contribution in [0.2, 0.25) is 0 Å². The molecule has 1 saturated heterocycles. The Kier molecular flexibility index (Phi) is 7.34. The Morgan fingerprint density at radius 1 is 1.42 bits per heavy atom. The topological polar surface area (TPSA) is 59.6 Å². The van der Waals surface area contributed by atoms with Crippen molar-refractivity contribution in [2.24, 2.45) is 5.92 Å². The number of rotatable bonds is 7. The largest absolute Gasteiger partial charge is 0.493 e. The molecule has 1 amide bonds. The molecule has 0 radical (unpaired) electrons. The molecule has 134 valence electrons. The average Bonchev–Trinajstić information content (AvgIpc) is 3.37. The summed E-state index contributed by atoms with van der Waals surface area (Å²) in [5.74, 6) is 1.66. The van der Waals surface area contributed by atoms with Gasteiger partial charge in [-0.15, -0.1) is 12.4 Å². The summed E-state index contributed by atoms with van der Waals surface area (Å²) in [6.45, 7) is 5.49. The van der Waals surface area contributed by atoms with E-state index in [4.69, 9.17) is 9.47 Å². The first-order valence-corrected chi connectivity index (χ1v) is 8.51. The van der Waals surface area contributed by atoms with Crippen LogP contribution in [0.4, 0.5) is 0 Å². The van der Waals surface area contributed by atoms with Crippen LogP contribution in [-0.2, 0) is 16.1 Å². The molecule has 0 aromatic heterocycles. The molecule has 1 unspecified atom stereocenters. The number of carbonyl (C=O) groups excluding carboxylic acids is 1. The van der Waals surface area contributed by atoms with Crippen molar-refractivity contribution in [3.63, 3.8) is 0 Å². The molecule has 2 N–H and O–H groups in total. The van der Waals surface area contributed by atoms with Crippen molar-refractivity contribution in [2.45, 2.75) is 38.8 Å². The minimum Gasteiger partial charge on any atom is -0.493 e. The van der Waals surface area contributed by atoms with Crippen LogP contribution >= 0.6 is 12.4 Å². The lowest BCUT2D eigenvalue weighted by molar-refractivity contribution is -0.122. The average molecular weight is 355 g/mol. The van der Waals surface area contributed by atoms with Crippen LogP contribution in [0.15, 0.2) is 18.2 Å². The molecular weight excluding hydrogens is 328 g/mol. The molecule has 6 heteroatoms. The van der Waals surface area contributed by atoms with E-state index in [1.165, 1.54) is 18.4 Å². The van der Waals surface area contributed by atoms with Crippen LogP contribution in [0.1, 0.15) is 30.4 Å². The monoisotopic (exact) mass is 354 g/mol. The molecule has 3 rings (SSSR count). The lowest BCUT2D eigenvalue weighted by Crippen LogP contribution is -2.44. The fourth-order valence-electron chi connectivity index (χ4n) is 2.67. The normalized spacial score (nSPS) is 20.1. The first kappa shape index (κ1) is 19.0. The van der Waals surface area contributed by atoms with E-state index in [2.05, 4.69) is 29.7 Å². The number of amides is 1. The van der Waals surface area contributed by atoms with Gasteiger partial charge in [0.1, 0.15) is 5.75 Å². The molecule has 1 aliphatic carbocycles. The van der Waals surface area contributed by atoms with Gasteiger partial charge in [0.2, 0.25) is 5.91 Å². The Bertz CT molecular complexity index is 543. The predicted octanol–water partition coefficient (Wildman–Crippen LogP) is 2.20. The number of morpholine rings is 1. The Morgan fingerprint density at radius 3 is 2.96 bits per heavy atom. The number of hydrogen-bond donors (Lipinski definition) is 2. The van der Waals surface area contributed by atoms with E-state index in [1.54, 1.807) is 0 Å². The van der Waals surface area contributed by atoms with Crippen molar-refractivity contribution >= 4 is 18.3 Å². The predicted molar refractivity (Wildman–Crippen MR) is 95.7 cm³/mol. The minimum atomic E-state index is 0. The fraction of sp³-hybridized carbons (Fsp3) is 0.611. The number of nitrogens with one attached hydrogen (secondary N) is 2. The third kappa shape index (κ3) is 5.96. The number of halogens is 1. The van der Waals surface area contributed by atoms with Crippen molar-refractivity contribution in [2.75, 3.05) is 26.4 Å². The maximum Gasteiger partial charge on any atom is 0.221 e. The number of carbonyl (C=O) groups is 1. The van der Waals surface area contributed by atoms with Gasteiger partial charge in [-0.25, -0.2) is 0 Å². The second kappa shape index (κ2) is 9.25. The molecule has 1 atom stereocenters. The highest BCUT2D eigenvalue weighted by atomic mass is 35.5. The number of ether oxygens (including phenoxy) is 2. The summed E-state index contributed by atoms with van der Waals surface area (Å²) >= 11 is 0. The molecular formula is C18H27ClN2O3. The van der Waals surface area contributed by atoms with E-state index >= 15 is 0 Å². The molecule has 1 aliphatic heterocycles. The lowest BCUT2D eigenvalue weighted by Gasteiger charge is -2.23. The molecule has 0 spiro atoms. The van der Waals surface area contributed by atoms with Crippen molar-refractivity contribution in [3.05, 3.63) is 29.3 Å². The van der Waals surface area contributed by atoms with Gasteiger partial charge in [0.15, 0.2) is 0 Å². The van der Waals surface area contributed by atoms with Gasteiger partial charge in [0.25, 0.3) is 0 Å². The first-order chi connectivity index (χ1) is 11.2. The number of benzene rings is 1. The summed E-state index contributed by atoms with van der Waals surface area (Å²) in [4.78, 5) is 12.1. The number of aryl methyl sites for hydroxylation is 1. The van der Waals surface area contributed by atoms with E-state index in [0.29, 0.717) is 19.6 Å². The maximum atomic E-state index is 12.1. The molecule has 24 heavy (non-hydrogen) atoms. The molecule has 2 aliphatic rings. The fourth-order valence-corrected chi connectivity index (χ4v) is 2.67. The molecule has 1 aromatic carbocycles. The van der Waals surface area contributed by atoms with Gasteiger partial charge in [0, 0.05) is 31.1 Å². The molecule has 1 saturated carbocycles. The molecule has 2 fully saturated rings.